The third-order valence-corrected chi connectivity index (χ3v) is 2.94. The van der Waals surface area contributed by atoms with E-state index >= 15 is 0 Å². The number of carbonyl (C=O) groups excluding carboxylic acids is 1. The van der Waals surface area contributed by atoms with Crippen LogP contribution in [0.2, 0.25) is 0 Å². The molecule has 0 fully saturated rings. The molecule has 0 saturated heterocycles. The summed E-state index contributed by atoms with van der Waals surface area (Å²) in [5, 5.41) is 10.0. The van der Waals surface area contributed by atoms with E-state index in [9.17, 15) is 23.1 Å². The Labute approximate surface area is 125 Å². The van der Waals surface area contributed by atoms with Crippen molar-refractivity contribution in [1.29, 1.82) is 0 Å². The van der Waals surface area contributed by atoms with Gasteiger partial charge in [-0.2, -0.15) is 13.2 Å². The van der Waals surface area contributed by atoms with Crippen LogP contribution in [-0.2, 0) is 10.4 Å². The summed E-state index contributed by atoms with van der Waals surface area (Å²) in [6.45, 7) is 0.910. The standard InChI is InChI=1S/C15H14F3NO3/c1-4-8-19(9-5-2)13(20)10-14(21,15(16,17)18)12-7-6-11(3)22-12/h1-2,6-7,21H,8-10H2,3H3. The molecular formula is C15H14F3NO3. The van der Waals surface area contributed by atoms with Gasteiger partial charge in [-0.05, 0) is 19.1 Å². The second-order valence-electron chi connectivity index (χ2n) is 4.60. The number of furan rings is 1. The fourth-order valence-corrected chi connectivity index (χ4v) is 1.77. The van der Waals surface area contributed by atoms with E-state index in [1.807, 2.05) is 0 Å². The van der Waals surface area contributed by atoms with E-state index in [-0.39, 0.29) is 18.8 Å². The Morgan fingerprint density at radius 2 is 1.86 bits per heavy atom. The number of amides is 1. The molecule has 118 valence electrons. The molecule has 0 saturated carbocycles. The van der Waals surface area contributed by atoms with Gasteiger partial charge in [-0.25, -0.2) is 0 Å². The van der Waals surface area contributed by atoms with E-state index in [0.29, 0.717) is 0 Å². The first kappa shape index (κ1) is 17.7. The molecule has 0 aliphatic heterocycles. The Hall–Kier alpha value is -2.38. The van der Waals surface area contributed by atoms with Gasteiger partial charge in [0.15, 0.2) is 0 Å². The number of aliphatic hydroxyl groups is 1. The Bertz CT molecular complexity index is 605. The quantitative estimate of drug-likeness (QED) is 0.844. The van der Waals surface area contributed by atoms with Gasteiger partial charge in [-0.1, -0.05) is 11.8 Å². The lowest BCUT2D eigenvalue weighted by Crippen LogP contribution is -2.47. The first-order valence-electron chi connectivity index (χ1n) is 6.16. The van der Waals surface area contributed by atoms with E-state index in [0.717, 1.165) is 11.0 Å². The number of terminal acetylenes is 2. The minimum absolute atomic E-state index is 0.175. The van der Waals surface area contributed by atoms with E-state index < -0.39 is 29.9 Å². The molecule has 4 nitrogen and oxygen atoms in total. The summed E-state index contributed by atoms with van der Waals surface area (Å²) >= 11 is 0. The number of nitrogens with zero attached hydrogens (tertiary/aromatic N) is 1. The monoisotopic (exact) mass is 313 g/mol. The van der Waals surface area contributed by atoms with Crippen LogP contribution in [0.25, 0.3) is 0 Å². The average Bonchev–Trinajstić information content (AvgIpc) is 2.84. The van der Waals surface area contributed by atoms with Gasteiger partial charge in [0.1, 0.15) is 11.5 Å². The van der Waals surface area contributed by atoms with Crippen molar-refractivity contribution in [1.82, 2.24) is 4.90 Å². The second kappa shape index (κ2) is 6.59. The Kier molecular flexibility index (Phi) is 5.29. The normalized spacial score (nSPS) is 13.8. The highest BCUT2D eigenvalue weighted by Crippen LogP contribution is 2.42. The lowest BCUT2D eigenvalue weighted by Gasteiger charge is -2.30. The van der Waals surface area contributed by atoms with Crippen LogP contribution in [-0.4, -0.2) is 35.2 Å². The summed E-state index contributed by atoms with van der Waals surface area (Å²) in [6.07, 6.45) is 3.71. The van der Waals surface area contributed by atoms with Crippen molar-refractivity contribution in [3.63, 3.8) is 0 Å². The van der Waals surface area contributed by atoms with Crippen molar-refractivity contribution in [2.75, 3.05) is 13.1 Å². The fraction of sp³-hybridized carbons (Fsp3) is 0.400. The molecule has 1 amide bonds. The van der Waals surface area contributed by atoms with Crippen LogP contribution >= 0.6 is 0 Å². The Morgan fingerprint density at radius 3 is 2.23 bits per heavy atom. The Balaban J connectivity index is 3.13. The molecule has 0 aliphatic rings. The third kappa shape index (κ3) is 3.63. The molecule has 1 aromatic rings. The molecular weight excluding hydrogens is 299 g/mol. The topological polar surface area (TPSA) is 53.7 Å². The first-order valence-corrected chi connectivity index (χ1v) is 6.16. The molecule has 1 atom stereocenters. The highest BCUT2D eigenvalue weighted by molar-refractivity contribution is 5.78. The third-order valence-electron chi connectivity index (χ3n) is 2.94. The summed E-state index contributed by atoms with van der Waals surface area (Å²) in [7, 11) is 0. The molecule has 1 aromatic heterocycles. The highest BCUT2D eigenvalue weighted by atomic mass is 19.4. The van der Waals surface area contributed by atoms with Gasteiger partial charge in [-0.3, -0.25) is 4.79 Å². The molecule has 1 rings (SSSR count). The molecule has 0 spiro atoms. The van der Waals surface area contributed by atoms with Crippen molar-refractivity contribution in [3.8, 4) is 24.7 Å². The maximum absolute atomic E-state index is 13.2. The van der Waals surface area contributed by atoms with Crippen molar-refractivity contribution in [3.05, 3.63) is 23.7 Å². The largest absolute Gasteiger partial charge is 0.463 e. The molecule has 1 N–H and O–H groups in total. The molecule has 1 heterocycles. The second-order valence-corrected chi connectivity index (χ2v) is 4.60. The van der Waals surface area contributed by atoms with Crippen LogP contribution in [0.15, 0.2) is 16.5 Å². The zero-order valence-electron chi connectivity index (χ0n) is 11.8. The summed E-state index contributed by atoms with van der Waals surface area (Å²) in [6, 6.07) is 2.24. The minimum Gasteiger partial charge on any atom is -0.463 e. The number of halogens is 3. The lowest BCUT2D eigenvalue weighted by atomic mass is 9.95. The zero-order valence-corrected chi connectivity index (χ0v) is 11.8. The molecule has 7 heteroatoms. The predicted molar refractivity (Wildman–Crippen MR) is 72.3 cm³/mol. The highest BCUT2D eigenvalue weighted by Gasteiger charge is 2.58. The number of carbonyl (C=O) groups is 1. The SMILES string of the molecule is C#CCN(CC#C)C(=O)CC(O)(c1ccc(C)o1)C(F)(F)F. The van der Waals surface area contributed by atoms with Gasteiger partial charge in [-0.15, -0.1) is 12.8 Å². The fourth-order valence-electron chi connectivity index (χ4n) is 1.77. The Morgan fingerprint density at radius 1 is 1.32 bits per heavy atom. The van der Waals surface area contributed by atoms with Crippen molar-refractivity contribution < 1.29 is 27.5 Å². The summed E-state index contributed by atoms with van der Waals surface area (Å²) in [5.74, 6) is 2.64. The van der Waals surface area contributed by atoms with E-state index in [1.165, 1.54) is 13.0 Å². The van der Waals surface area contributed by atoms with Gasteiger partial charge in [0.25, 0.3) is 0 Å². The van der Waals surface area contributed by atoms with Gasteiger partial charge in [0.2, 0.25) is 11.5 Å². The predicted octanol–water partition coefficient (Wildman–Crippen LogP) is 1.82. The molecule has 0 aromatic carbocycles. The number of hydrogen-bond acceptors (Lipinski definition) is 3. The van der Waals surface area contributed by atoms with Gasteiger partial charge < -0.3 is 14.4 Å². The van der Waals surface area contributed by atoms with Gasteiger partial charge in [0.05, 0.1) is 19.5 Å². The maximum Gasteiger partial charge on any atom is 0.425 e. The molecule has 0 bridgehead atoms. The van der Waals surface area contributed by atoms with Crippen molar-refractivity contribution in [2.45, 2.75) is 25.1 Å². The summed E-state index contributed by atoms with van der Waals surface area (Å²) < 4.78 is 44.6. The van der Waals surface area contributed by atoms with Crippen LogP contribution in [0.5, 0.6) is 0 Å². The number of aryl methyl sites for hydroxylation is 1. The molecule has 0 radical (unpaired) electrons. The first-order chi connectivity index (χ1) is 10.2. The molecule has 0 aliphatic carbocycles. The lowest BCUT2D eigenvalue weighted by molar-refractivity contribution is -0.274. The van der Waals surface area contributed by atoms with E-state index in [4.69, 9.17) is 17.3 Å². The smallest absolute Gasteiger partial charge is 0.425 e. The van der Waals surface area contributed by atoms with Crippen LogP contribution < -0.4 is 0 Å². The van der Waals surface area contributed by atoms with Crippen LogP contribution in [0, 0.1) is 31.6 Å². The zero-order chi connectivity index (χ0) is 17.0. The van der Waals surface area contributed by atoms with E-state index in [2.05, 4.69) is 11.8 Å². The number of rotatable bonds is 5. The molecule has 1 unspecified atom stereocenters. The van der Waals surface area contributed by atoms with Gasteiger partial charge >= 0.3 is 6.18 Å². The van der Waals surface area contributed by atoms with Crippen molar-refractivity contribution >= 4 is 5.91 Å². The summed E-state index contributed by atoms with van der Waals surface area (Å²) in [5.41, 5.74) is -3.44. The molecule has 22 heavy (non-hydrogen) atoms. The average molecular weight is 313 g/mol. The minimum atomic E-state index is -5.11. The number of alkyl halides is 3. The number of hydrogen-bond donors (Lipinski definition) is 1. The van der Waals surface area contributed by atoms with Gasteiger partial charge in [0, 0.05) is 0 Å². The maximum atomic E-state index is 13.2. The van der Waals surface area contributed by atoms with Crippen molar-refractivity contribution in [2.24, 2.45) is 0 Å². The van der Waals surface area contributed by atoms with Crippen LogP contribution in [0.4, 0.5) is 13.2 Å². The van der Waals surface area contributed by atoms with Crippen LogP contribution in [0.3, 0.4) is 0 Å². The summed E-state index contributed by atoms with van der Waals surface area (Å²) in [4.78, 5) is 12.9. The van der Waals surface area contributed by atoms with E-state index in [1.54, 1.807) is 0 Å². The van der Waals surface area contributed by atoms with Crippen LogP contribution in [0.1, 0.15) is 17.9 Å².